The first-order valence-corrected chi connectivity index (χ1v) is 15.5. The normalized spacial score (nSPS) is 20.2. The lowest BCUT2D eigenvalue weighted by Gasteiger charge is -2.38. The molecule has 0 aliphatic carbocycles. The Kier molecular flexibility index (Phi) is 6.10. The SMILES string of the molecule is C[Si]1(C)CC[Si](C)(C)N1CCCCC(=O)Sc1ccccc1. The van der Waals surface area contributed by atoms with Gasteiger partial charge < -0.3 is 4.23 Å². The highest BCUT2D eigenvalue weighted by Crippen LogP contribution is 2.37. The largest absolute Gasteiger partial charge is 0.345 e. The number of hydrogen-bond donors (Lipinski definition) is 0. The predicted molar refractivity (Wildman–Crippen MR) is 102 cm³/mol. The molecule has 2 nitrogen and oxygen atoms in total. The van der Waals surface area contributed by atoms with Crippen LogP contribution in [0.15, 0.2) is 35.2 Å². The van der Waals surface area contributed by atoms with E-state index in [1.165, 1.54) is 36.8 Å². The van der Waals surface area contributed by atoms with Crippen molar-refractivity contribution in [2.24, 2.45) is 0 Å². The van der Waals surface area contributed by atoms with Crippen molar-refractivity contribution in [3.63, 3.8) is 0 Å². The Labute approximate surface area is 141 Å². The van der Waals surface area contributed by atoms with Crippen LogP contribution in [0.2, 0.25) is 38.3 Å². The topological polar surface area (TPSA) is 20.3 Å². The molecule has 22 heavy (non-hydrogen) atoms. The van der Waals surface area contributed by atoms with E-state index >= 15 is 0 Å². The molecule has 1 aliphatic heterocycles. The molecule has 0 spiro atoms. The van der Waals surface area contributed by atoms with Gasteiger partial charge in [-0.15, -0.1) is 0 Å². The monoisotopic (exact) mass is 351 g/mol. The maximum atomic E-state index is 12.0. The van der Waals surface area contributed by atoms with Gasteiger partial charge in [0.25, 0.3) is 0 Å². The summed E-state index contributed by atoms with van der Waals surface area (Å²) in [6.07, 6.45) is 2.91. The molecule has 0 aromatic heterocycles. The second-order valence-electron chi connectivity index (χ2n) is 7.52. The summed E-state index contributed by atoms with van der Waals surface area (Å²) < 4.78 is 2.91. The minimum Gasteiger partial charge on any atom is -0.345 e. The van der Waals surface area contributed by atoms with E-state index in [4.69, 9.17) is 0 Å². The maximum absolute atomic E-state index is 12.0. The first kappa shape index (κ1) is 18.0. The van der Waals surface area contributed by atoms with Crippen molar-refractivity contribution in [2.45, 2.75) is 62.4 Å². The summed E-state index contributed by atoms with van der Waals surface area (Å²) in [6, 6.07) is 12.9. The first-order chi connectivity index (χ1) is 10.3. The van der Waals surface area contributed by atoms with Crippen LogP contribution >= 0.6 is 11.8 Å². The molecule has 1 saturated heterocycles. The third-order valence-electron chi connectivity index (χ3n) is 4.80. The zero-order valence-corrected chi connectivity index (χ0v) is 17.2. The standard InChI is InChI=1S/C17H29NOSSi2/c1-21(2)14-15-22(3,4)18(21)13-9-8-12-17(19)20-16-10-6-5-7-11-16/h5-7,10-11H,8-9,12-15H2,1-4H3. The van der Waals surface area contributed by atoms with Crippen molar-refractivity contribution in [1.82, 2.24) is 4.23 Å². The van der Waals surface area contributed by atoms with Crippen LogP contribution in [0.1, 0.15) is 19.3 Å². The molecule has 0 radical (unpaired) electrons. The Balaban J connectivity index is 1.72. The lowest BCUT2D eigenvalue weighted by atomic mass is 10.2. The van der Waals surface area contributed by atoms with Crippen LogP contribution in [-0.4, -0.2) is 32.4 Å². The second kappa shape index (κ2) is 7.47. The fourth-order valence-corrected chi connectivity index (χ4v) is 18.5. The van der Waals surface area contributed by atoms with Gasteiger partial charge in [-0.05, 0) is 43.6 Å². The van der Waals surface area contributed by atoms with E-state index in [9.17, 15) is 4.79 Å². The summed E-state index contributed by atoms with van der Waals surface area (Å²) in [5.74, 6) is 0. The number of hydrogen-bond acceptors (Lipinski definition) is 3. The fraction of sp³-hybridized carbons (Fsp3) is 0.588. The first-order valence-electron chi connectivity index (χ1n) is 8.35. The summed E-state index contributed by atoms with van der Waals surface area (Å²) in [5.41, 5.74) is 0. The third kappa shape index (κ3) is 4.81. The Bertz CT molecular complexity index is 489. The molecule has 1 aromatic carbocycles. The molecule has 1 heterocycles. The van der Waals surface area contributed by atoms with Crippen molar-refractivity contribution < 1.29 is 4.79 Å². The van der Waals surface area contributed by atoms with E-state index in [0.29, 0.717) is 11.5 Å². The molecular formula is C17H29NOSSi2. The van der Waals surface area contributed by atoms with E-state index in [1.54, 1.807) is 0 Å². The number of carbonyl (C=O) groups excluding carboxylic acids is 1. The molecule has 1 fully saturated rings. The van der Waals surface area contributed by atoms with Crippen LogP contribution in [0.3, 0.4) is 0 Å². The summed E-state index contributed by atoms with van der Waals surface area (Å²) in [7, 11) is -2.28. The van der Waals surface area contributed by atoms with E-state index < -0.39 is 16.5 Å². The number of rotatable bonds is 6. The molecule has 0 saturated carbocycles. The minimum absolute atomic E-state index is 0.306. The Morgan fingerprint density at radius 1 is 1.05 bits per heavy atom. The molecule has 2 rings (SSSR count). The fourth-order valence-electron chi connectivity index (χ4n) is 3.52. The Morgan fingerprint density at radius 3 is 2.23 bits per heavy atom. The van der Waals surface area contributed by atoms with Gasteiger partial charge >= 0.3 is 0 Å². The number of carbonyl (C=O) groups is 1. The zero-order chi connectivity index (χ0) is 16.2. The minimum atomic E-state index is -1.14. The van der Waals surface area contributed by atoms with Gasteiger partial charge in [-0.2, -0.15) is 0 Å². The van der Waals surface area contributed by atoms with E-state index in [2.05, 4.69) is 30.4 Å². The van der Waals surface area contributed by atoms with Crippen LogP contribution in [0.25, 0.3) is 0 Å². The van der Waals surface area contributed by atoms with Crippen LogP contribution in [0.4, 0.5) is 0 Å². The number of thioether (sulfide) groups is 1. The Morgan fingerprint density at radius 2 is 1.64 bits per heavy atom. The van der Waals surface area contributed by atoms with Gasteiger partial charge in [-0.1, -0.05) is 56.1 Å². The number of nitrogens with zero attached hydrogens (tertiary/aromatic N) is 1. The van der Waals surface area contributed by atoms with E-state index in [0.717, 1.165) is 11.3 Å². The summed E-state index contributed by atoms with van der Waals surface area (Å²) in [5, 5.41) is 0.306. The van der Waals surface area contributed by atoms with Crippen molar-refractivity contribution in [3.8, 4) is 0 Å². The maximum Gasteiger partial charge on any atom is 0.193 e. The highest BCUT2D eigenvalue weighted by atomic mass is 32.2. The van der Waals surface area contributed by atoms with Crippen LogP contribution < -0.4 is 0 Å². The quantitative estimate of drug-likeness (QED) is 0.399. The number of unbranched alkanes of at least 4 members (excludes halogenated alkanes) is 1. The lowest BCUT2D eigenvalue weighted by Crippen LogP contribution is -2.55. The molecule has 0 atom stereocenters. The molecule has 0 amide bonds. The molecule has 1 aliphatic rings. The molecule has 0 N–H and O–H groups in total. The molecule has 1 aromatic rings. The van der Waals surface area contributed by atoms with Crippen molar-refractivity contribution in [1.29, 1.82) is 0 Å². The molecule has 5 heteroatoms. The third-order valence-corrected chi connectivity index (χ3v) is 16.2. The molecule has 0 unspecified atom stereocenters. The van der Waals surface area contributed by atoms with Crippen molar-refractivity contribution >= 4 is 33.3 Å². The van der Waals surface area contributed by atoms with Gasteiger partial charge in [-0.3, -0.25) is 4.79 Å². The van der Waals surface area contributed by atoms with Gasteiger partial charge in [0.1, 0.15) is 16.5 Å². The van der Waals surface area contributed by atoms with Crippen molar-refractivity contribution in [3.05, 3.63) is 30.3 Å². The Hall–Kier alpha value is -0.366. The van der Waals surface area contributed by atoms with Gasteiger partial charge in [0.2, 0.25) is 0 Å². The second-order valence-corrected chi connectivity index (χ2v) is 18.4. The van der Waals surface area contributed by atoms with Gasteiger partial charge in [0.05, 0.1) is 0 Å². The van der Waals surface area contributed by atoms with E-state index in [-0.39, 0.29) is 0 Å². The smallest absolute Gasteiger partial charge is 0.193 e. The summed E-state index contributed by atoms with van der Waals surface area (Å²) in [6.45, 7) is 11.3. The van der Waals surface area contributed by atoms with Gasteiger partial charge in [0, 0.05) is 11.3 Å². The summed E-state index contributed by atoms with van der Waals surface area (Å²) in [4.78, 5) is 13.1. The van der Waals surface area contributed by atoms with E-state index in [1.807, 2.05) is 30.3 Å². The van der Waals surface area contributed by atoms with Crippen LogP contribution in [0.5, 0.6) is 0 Å². The molecular weight excluding hydrogens is 322 g/mol. The summed E-state index contributed by atoms with van der Waals surface area (Å²) >= 11 is 1.39. The highest BCUT2D eigenvalue weighted by molar-refractivity contribution is 8.13. The number of benzene rings is 1. The molecule has 122 valence electrons. The van der Waals surface area contributed by atoms with Crippen LogP contribution in [-0.2, 0) is 4.79 Å². The van der Waals surface area contributed by atoms with Gasteiger partial charge in [-0.25, -0.2) is 0 Å². The van der Waals surface area contributed by atoms with Crippen molar-refractivity contribution in [2.75, 3.05) is 6.54 Å². The lowest BCUT2D eigenvalue weighted by molar-refractivity contribution is -0.111. The molecule has 0 bridgehead atoms. The zero-order valence-electron chi connectivity index (χ0n) is 14.4. The average molecular weight is 352 g/mol. The van der Waals surface area contributed by atoms with Gasteiger partial charge in [0.15, 0.2) is 5.12 Å². The average Bonchev–Trinajstić information content (AvgIpc) is 2.66. The highest BCUT2D eigenvalue weighted by Gasteiger charge is 2.46. The predicted octanol–water partition coefficient (Wildman–Crippen LogP) is 5.20. The van der Waals surface area contributed by atoms with Crippen LogP contribution in [0, 0.1) is 0 Å².